The Labute approximate surface area is 201 Å². The molecule has 0 saturated carbocycles. The Morgan fingerprint density at radius 3 is 2.38 bits per heavy atom. The third kappa shape index (κ3) is 6.32. The molecule has 0 spiro atoms. The number of carbonyl (C=O) groups is 2. The van der Waals surface area contributed by atoms with Crippen LogP contribution < -0.4 is 4.90 Å². The lowest BCUT2D eigenvalue weighted by molar-refractivity contribution is -0.156. The zero-order chi connectivity index (χ0) is 25.0. The number of halogens is 1. The van der Waals surface area contributed by atoms with E-state index in [2.05, 4.69) is 30.9 Å². The summed E-state index contributed by atoms with van der Waals surface area (Å²) in [5, 5.41) is 10.5. The van der Waals surface area contributed by atoms with Crippen molar-refractivity contribution >= 4 is 17.4 Å². The molecule has 0 radical (unpaired) electrons. The third-order valence-electron chi connectivity index (χ3n) is 5.73. The number of Topliss-reactive ketones (excluding diaryl/α,β-unsaturated/α-hetero) is 1. The predicted octanol–water partition coefficient (Wildman–Crippen LogP) is 5.16. The van der Waals surface area contributed by atoms with Crippen LogP contribution in [0, 0.1) is 5.82 Å². The highest BCUT2D eigenvalue weighted by Gasteiger charge is 2.39. The Morgan fingerprint density at radius 2 is 1.76 bits per heavy atom. The molecular weight excluding hydrogens is 433 g/mol. The minimum Gasteiger partial charge on any atom is -0.460 e. The molecule has 1 N–H and O–H groups in total. The van der Waals surface area contributed by atoms with Gasteiger partial charge in [0.15, 0.2) is 0 Å². The maximum Gasteiger partial charge on any atom is 0.313 e. The van der Waals surface area contributed by atoms with E-state index in [1.165, 1.54) is 12.1 Å². The molecule has 0 aromatic heterocycles. The summed E-state index contributed by atoms with van der Waals surface area (Å²) in [6.07, 6.45) is 1.97. The summed E-state index contributed by atoms with van der Waals surface area (Å²) in [5.74, 6) is -1.32. The number of carbonyl (C=O) groups excluding carboxylic acids is 2. The zero-order valence-electron chi connectivity index (χ0n) is 20.5. The van der Waals surface area contributed by atoms with E-state index in [4.69, 9.17) is 4.74 Å². The molecule has 0 amide bonds. The Bertz CT molecular complexity index is 1040. The van der Waals surface area contributed by atoms with E-state index in [0.717, 1.165) is 16.8 Å². The van der Waals surface area contributed by atoms with E-state index in [9.17, 15) is 19.1 Å². The van der Waals surface area contributed by atoms with Crippen molar-refractivity contribution in [3.63, 3.8) is 0 Å². The maximum absolute atomic E-state index is 13.6. The summed E-state index contributed by atoms with van der Waals surface area (Å²) in [4.78, 5) is 26.5. The number of hydrogen-bond donors (Lipinski definition) is 1. The Balaban J connectivity index is 1.80. The first kappa shape index (κ1) is 25.6. The van der Waals surface area contributed by atoms with Crippen LogP contribution in [0.15, 0.2) is 60.7 Å². The molecule has 6 heteroatoms. The van der Waals surface area contributed by atoms with Gasteiger partial charge >= 0.3 is 5.97 Å². The summed E-state index contributed by atoms with van der Waals surface area (Å²) in [6, 6.07) is 14.7. The van der Waals surface area contributed by atoms with Gasteiger partial charge in [0, 0.05) is 24.1 Å². The Morgan fingerprint density at radius 1 is 1.12 bits per heavy atom. The highest BCUT2D eigenvalue weighted by molar-refractivity contribution is 5.95. The number of fused-ring (bicyclic) bond motifs is 1. The topological polar surface area (TPSA) is 66.8 Å². The van der Waals surface area contributed by atoms with Gasteiger partial charge in [-0.2, -0.15) is 0 Å². The van der Waals surface area contributed by atoms with Crippen LogP contribution >= 0.6 is 0 Å². The lowest BCUT2D eigenvalue weighted by Crippen LogP contribution is -2.38. The fourth-order valence-electron chi connectivity index (χ4n) is 4.52. The van der Waals surface area contributed by atoms with E-state index < -0.39 is 17.7 Å². The Kier molecular flexibility index (Phi) is 7.93. The minimum absolute atomic E-state index is 0.0554. The first-order valence-corrected chi connectivity index (χ1v) is 11.7. The molecule has 182 valence electrons. The Hall–Kier alpha value is -2.99. The van der Waals surface area contributed by atoms with E-state index in [-0.39, 0.29) is 42.4 Å². The van der Waals surface area contributed by atoms with E-state index in [1.54, 1.807) is 39.0 Å². The van der Waals surface area contributed by atoms with Crippen molar-refractivity contribution in [2.45, 2.75) is 77.2 Å². The number of benzene rings is 2. The van der Waals surface area contributed by atoms with Crippen molar-refractivity contribution in [1.82, 2.24) is 0 Å². The number of nitrogens with zero attached hydrogens (tertiary/aromatic N) is 1. The molecule has 1 heterocycles. The molecule has 3 rings (SSSR count). The van der Waals surface area contributed by atoms with Gasteiger partial charge in [-0.25, -0.2) is 4.39 Å². The van der Waals surface area contributed by atoms with Crippen LogP contribution in [-0.4, -0.2) is 40.6 Å². The smallest absolute Gasteiger partial charge is 0.313 e. The highest BCUT2D eigenvalue weighted by atomic mass is 19.1. The normalized spacial score (nSPS) is 18.9. The number of rotatable bonds is 8. The van der Waals surface area contributed by atoms with Gasteiger partial charge in [-0.1, -0.05) is 42.5 Å². The lowest BCUT2D eigenvalue weighted by atomic mass is 9.87. The summed E-state index contributed by atoms with van der Waals surface area (Å²) in [6.45, 7) is 9.43. The van der Waals surface area contributed by atoms with Crippen LogP contribution in [0.25, 0.3) is 0 Å². The van der Waals surface area contributed by atoms with Gasteiger partial charge < -0.3 is 14.7 Å². The molecule has 1 aliphatic rings. The molecule has 0 aliphatic carbocycles. The maximum atomic E-state index is 13.6. The van der Waals surface area contributed by atoms with Crippen LogP contribution in [0.5, 0.6) is 0 Å². The standard InChI is InChI=1S/C28H34FNO4/c1-18(2)30-24-9-7-6-8-23(24)27(19-10-12-20(29)13-11-19)25(30)15-14-21(31)16-22(32)17-26(33)34-28(3,4)5/h6-15,18,21,25,27,31H,16-17H2,1-5H3/b15-14+/t21-,25+,27-/m0/s1. The van der Waals surface area contributed by atoms with Gasteiger partial charge in [0.2, 0.25) is 0 Å². The van der Waals surface area contributed by atoms with Crippen LogP contribution in [-0.2, 0) is 14.3 Å². The first-order chi connectivity index (χ1) is 16.0. The van der Waals surface area contributed by atoms with E-state index >= 15 is 0 Å². The fraction of sp³-hybridized carbons (Fsp3) is 0.429. The van der Waals surface area contributed by atoms with Gasteiger partial charge in [0.25, 0.3) is 0 Å². The second-order valence-electron chi connectivity index (χ2n) is 10.0. The van der Waals surface area contributed by atoms with Gasteiger partial charge in [0.05, 0.1) is 12.1 Å². The molecule has 5 nitrogen and oxygen atoms in total. The number of hydrogen-bond acceptors (Lipinski definition) is 5. The number of ketones is 1. The minimum atomic E-state index is -1.03. The monoisotopic (exact) mass is 467 g/mol. The van der Waals surface area contributed by atoms with Crippen molar-refractivity contribution in [3.8, 4) is 0 Å². The van der Waals surface area contributed by atoms with Crippen molar-refractivity contribution in [2.75, 3.05) is 4.90 Å². The van der Waals surface area contributed by atoms with E-state index in [1.807, 2.05) is 18.2 Å². The second kappa shape index (κ2) is 10.5. The van der Waals surface area contributed by atoms with Gasteiger partial charge in [-0.15, -0.1) is 0 Å². The molecule has 0 unspecified atom stereocenters. The van der Waals surface area contributed by atoms with Crippen LogP contribution in [0.4, 0.5) is 10.1 Å². The fourth-order valence-corrected chi connectivity index (χ4v) is 4.52. The van der Waals surface area contributed by atoms with Crippen molar-refractivity contribution in [2.24, 2.45) is 0 Å². The highest BCUT2D eigenvalue weighted by Crippen LogP contribution is 2.46. The van der Waals surface area contributed by atoms with Gasteiger partial charge in [0.1, 0.15) is 23.6 Å². The third-order valence-corrected chi connectivity index (χ3v) is 5.73. The first-order valence-electron chi connectivity index (χ1n) is 11.7. The number of esters is 1. The average molecular weight is 468 g/mol. The molecule has 34 heavy (non-hydrogen) atoms. The van der Waals surface area contributed by atoms with Crippen LogP contribution in [0.1, 0.15) is 64.5 Å². The quantitative estimate of drug-likeness (QED) is 0.330. The van der Waals surface area contributed by atoms with Gasteiger partial charge in [-0.3, -0.25) is 9.59 Å². The molecule has 0 saturated heterocycles. The zero-order valence-corrected chi connectivity index (χ0v) is 20.5. The number of para-hydroxylation sites is 1. The SMILES string of the molecule is CC(C)N1c2ccccc2[C@H](c2ccc(F)cc2)[C@H]1/C=C/[C@H](O)CC(=O)CC(=O)OC(C)(C)C. The van der Waals surface area contributed by atoms with Crippen molar-refractivity contribution in [3.05, 3.63) is 77.6 Å². The molecule has 0 fully saturated rings. The number of aliphatic hydroxyl groups excluding tert-OH is 1. The summed E-state index contributed by atoms with van der Waals surface area (Å²) in [5.41, 5.74) is 2.54. The summed E-state index contributed by atoms with van der Waals surface area (Å²) in [7, 11) is 0. The molecule has 0 bridgehead atoms. The number of ether oxygens (including phenoxy) is 1. The number of anilines is 1. The second-order valence-corrected chi connectivity index (χ2v) is 10.0. The largest absolute Gasteiger partial charge is 0.460 e. The molecule has 2 aromatic carbocycles. The molecular formula is C28H34FNO4. The molecule has 2 aromatic rings. The van der Waals surface area contributed by atoms with Crippen LogP contribution in [0.3, 0.4) is 0 Å². The molecule has 1 aliphatic heterocycles. The summed E-state index contributed by atoms with van der Waals surface area (Å²) < 4.78 is 18.8. The van der Waals surface area contributed by atoms with Crippen LogP contribution in [0.2, 0.25) is 0 Å². The van der Waals surface area contributed by atoms with Gasteiger partial charge in [-0.05, 0) is 63.9 Å². The molecule has 3 atom stereocenters. The predicted molar refractivity (Wildman–Crippen MR) is 131 cm³/mol. The number of aliphatic hydroxyl groups is 1. The van der Waals surface area contributed by atoms with Crippen molar-refractivity contribution in [1.29, 1.82) is 0 Å². The average Bonchev–Trinajstić information content (AvgIpc) is 3.05. The van der Waals surface area contributed by atoms with E-state index in [0.29, 0.717) is 0 Å². The van der Waals surface area contributed by atoms with Crippen molar-refractivity contribution < 1.29 is 23.8 Å². The summed E-state index contributed by atoms with van der Waals surface area (Å²) >= 11 is 0. The lowest BCUT2D eigenvalue weighted by Gasteiger charge is -2.32.